The van der Waals surface area contributed by atoms with Gasteiger partial charge in [0.05, 0.1) is 5.92 Å². The third-order valence-electron chi connectivity index (χ3n) is 3.21. The Morgan fingerprint density at radius 1 is 1.33 bits per heavy atom. The van der Waals surface area contributed by atoms with E-state index in [2.05, 4.69) is 10.6 Å². The minimum absolute atomic E-state index is 0. The lowest BCUT2D eigenvalue weighted by Gasteiger charge is -2.31. The molecule has 0 aromatic carbocycles. The molecule has 2 unspecified atom stereocenters. The van der Waals surface area contributed by atoms with Crippen LogP contribution in [-0.2, 0) is 4.79 Å². The van der Waals surface area contributed by atoms with Gasteiger partial charge in [-0.15, -0.1) is 12.4 Å². The average Bonchev–Trinajstić information content (AvgIpc) is 1.99. The molecule has 1 aliphatic carbocycles. The zero-order chi connectivity index (χ0) is 9.97. The van der Waals surface area contributed by atoms with E-state index in [9.17, 15) is 4.79 Å². The van der Waals surface area contributed by atoms with Gasteiger partial charge >= 0.3 is 0 Å². The van der Waals surface area contributed by atoms with Gasteiger partial charge in [-0.25, -0.2) is 0 Å². The van der Waals surface area contributed by atoms with Gasteiger partial charge < -0.3 is 16.4 Å². The van der Waals surface area contributed by atoms with Gasteiger partial charge in [0.25, 0.3) is 0 Å². The van der Waals surface area contributed by atoms with Crippen LogP contribution in [0.4, 0.5) is 0 Å². The standard InChI is InChI=1S/C10H19N3O.ClH/c11-8-2-1-3-9(4-8)13-10(14)7-5-12-6-7;/h7-9,12H,1-6,11H2,(H,13,14);1H. The number of halogens is 1. The van der Waals surface area contributed by atoms with Crippen LogP contribution in [0, 0.1) is 5.92 Å². The summed E-state index contributed by atoms with van der Waals surface area (Å²) in [4.78, 5) is 11.6. The normalized spacial score (nSPS) is 31.3. The van der Waals surface area contributed by atoms with E-state index in [1.807, 2.05) is 0 Å². The molecule has 2 atom stereocenters. The Morgan fingerprint density at radius 3 is 2.60 bits per heavy atom. The summed E-state index contributed by atoms with van der Waals surface area (Å²) in [5, 5.41) is 6.19. The van der Waals surface area contributed by atoms with Gasteiger partial charge in [-0.2, -0.15) is 0 Å². The Morgan fingerprint density at radius 2 is 2.07 bits per heavy atom. The molecule has 2 aliphatic rings. The van der Waals surface area contributed by atoms with Crippen molar-refractivity contribution in [3.63, 3.8) is 0 Å². The first-order chi connectivity index (χ1) is 6.75. The monoisotopic (exact) mass is 233 g/mol. The zero-order valence-electron chi connectivity index (χ0n) is 8.87. The van der Waals surface area contributed by atoms with Crippen LogP contribution in [-0.4, -0.2) is 31.1 Å². The molecule has 0 spiro atoms. The zero-order valence-corrected chi connectivity index (χ0v) is 9.69. The second-order valence-electron chi connectivity index (χ2n) is 4.49. The van der Waals surface area contributed by atoms with Crippen molar-refractivity contribution in [3.05, 3.63) is 0 Å². The number of amides is 1. The van der Waals surface area contributed by atoms with E-state index < -0.39 is 0 Å². The molecule has 1 saturated carbocycles. The summed E-state index contributed by atoms with van der Waals surface area (Å²) in [7, 11) is 0. The number of nitrogens with two attached hydrogens (primary N) is 1. The quantitative estimate of drug-likeness (QED) is 0.630. The molecule has 1 amide bonds. The highest BCUT2D eigenvalue weighted by Crippen LogP contribution is 2.17. The summed E-state index contributed by atoms with van der Waals surface area (Å²) in [6.07, 6.45) is 4.30. The van der Waals surface area contributed by atoms with Crippen LogP contribution < -0.4 is 16.4 Å². The first-order valence-corrected chi connectivity index (χ1v) is 5.52. The fourth-order valence-electron chi connectivity index (χ4n) is 2.15. The van der Waals surface area contributed by atoms with Gasteiger partial charge in [0.1, 0.15) is 0 Å². The van der Waals surface area contributed by atoms with Crippen LogP contribution in [0.15, 0.2) is 0 Å². The highest BCUT2D eigenvalue weighted by Gasteiger charge is 2.28. The third kappa shape index (κ3) is 3.33. The fourth-order valence-corrected chi connectivity index (χ4v) is 2.15. The highest BCUT2D eigenvalue weighted by molar-refractivity contribution is 5.85. The summed E-state index contributed by atoms with van der Waals surface area (Å²) < 4.78 is 0. The van der Waals surface area contributed by atoms with Crippen LogP contribution in [0.2, 0.25) is 0 Å². The molecule has 0 bridgehead atoms. The summed E-state index contributed by atoms with van der Waals surface area (Å²) in [6.45, 7) is 1.68. The Hall–Kier alpha value is -0.320. The van der Waals surface area contributed by atoms with E-state index in [4.69, 9.17) is 5.73 Å². The van der Waals surface area contributed by atoms with Crippen molar-refractivity contribution in [3.8, 4) is 0 Å². The summed E-state index contributed by atoms with van der Waals surface area (Å²) in [6, 6.07) is 0.611. The lowest BCUT2D eigenvalue weighted by Crippen LogP contribution is -2.53. The number of nitrogens with one attached hydrogen (secondary N) is 2. The van der Waals surface area contributed by atoms with Crippen LogP contribution in [0.1, 0.15) is 25.7 Å². The maximum Gasteiger partial charge on any atom is 0.225 e. The molecule has 2 rings (SSSR count). The molecule has 2 fully saturated rings. The van der Waals surface area contributed by atoms with E-state index in [0.717, 1.165) is 38.8 Å². The number of carbonyl (C=O) groups is 1. The van der Waals surface area contributed by atoms with Crippen LogP contribution in [0.25, 0.3) is 0 Å². The number of carbonyl (C=O) groups excluding carboxylic acids is 1. The van der Waals surface area contributed by atoms with Gasteiger partial charge in [-0.1, -0.05) is 0 Å². The summed E-state index contributed by atoms with van der Waals surface area (Å²) in [5.41, 5.74) is 5.86. The second kappa shape index (κ2) is 5.68. The van der Waals surface area contributed by atoms with E-state index in [1.54, 1.807) is 0 Å². The SMILES string of the molecule is Cl.NC1CCCC(NC(=O)C2CNC2)C1. The average molecular weight is 234 g/mol. The largest absolute Gasteiger partial charge is 0.353 e. The van der Waals surface area contributed by atoms with Crippen LogP contribution in [0.3, 0.4) is 0 Å². The predicted molar refractivity (Wildman–Crippen MR) is 62.0 cm³/mol. The molecule has 0 radical (unpaired) electrons. The van der Waals surface area contributed by atoms with Crippen LogP contribution in [0.5, 0.6) is 0 Å². The Balaban J connectivity index is 0.00000112. The van der Waals surface area contributed by atoms with Gasteiger partial charge in [-0.05, 0) is 25.7 Å². The minimum Gasteiger partial charge on any atom is -0.353 e. The van der Waals surface area contributed by atoms with Gasteiger partial charge in [-0.3, -0.25) is 4.79 Å². The molecule has 5 heteroatoms. The van der Waals surface area contributed by atoms with E-state index >= 15 is 0 Å². The molecule has 0 aromatic rings. The first-order valence-electron chi connectivity index (χ1n) is 5.52. The number of hydrogen-bond acceptors (Lipinski definition) is 3. The molecule has 1 aliphatic heterocycles. The summed E-state index contributed by atoms with van der Waals surface area (Å²) in [5.74, 6) is 0.413. The van der Waals surface area contributed by atoms with Gasteiger partial charge in [0.15, 0.2) is 0 Å². The maximum atomic E-state index is 11.6. The Labute approximate surface area is 96.8 Å². The van der Waals surface area contributed by atoms with Crippen molar-refractivity contribution in [1.29, 1.82) is 0 Å². The van der Waals surface area contributed by atoms with Crippen molar-refractivity contribution in [2.24, 2.45) is 11.7 Å². The molecule has 0 aromatic heterocycles. The number of rotatable bonds is 2. The van der Waals surface area contributed by atoms with Crippen molar-refractivity contribution in [2.75, 3.05) is 13.1 Å². The third-order valence-corrected chi connectivity index (χ3v) is 3.21. The summed E-state index contributed by atoms with van der Waals surface area (Å²) >= 11 is 0. The van der Waals surface area contributed by atoms with E-state index in [1.165, 1.54) is 0 Å². The topological polar surface area (TPSA) is 67.1 Å². The second-order valence-corrected chi connectivity index (χ2v) is 4.49. The molecular formula is C10H20ClN3O. The highest BCUT2D eigenvalue weighted by atomic mass is 35.5. The van der Waals surface area contributed by atoms with Gasteiger partial charge in [0, 0.05) is 25.2 Å². The number of hydrogen-bond donors (Lipinski definition) is 3. The maximum absolute atomic E-state index is 11.6. The predicted octanol–water partition coefficient (Wildman–Crippen LogP) is 0.0137. The van der Waals surface area contributed by atoms with E-state index in [-0.39, 0.29) is 30.3 Å². The first kappa shape index (κ1) is 12.7. The van der Waals surface area contributed by atoms with Crippen molar-refractivity contribution < 1.29 is 4.79 Å². The molecule has 1 heterocycles. The Bertz CT molecular complexity index is 221. The smallest absolute Gasteiger partial charge is 0.225 e. The lowest BCUT2D eigenvalue weighted by molar-refractivity contribution is -0.127. The molecule has 88 valence electrons. The van der Waals surface area contributed by atoms with Crippen LogP contribution >= 0.6 is 12.4 Å². The molecule has 4 nitrogen and oxygen atoms in total. The molecule has 4 N–H and O–H groups in total. The molecular weight excluding hydrogens is 214 g/mol. The van der Waals surface area contributed by atoms with Crippen molar-refractivity contribution in [1.82, 2.24) is 10.6 Å². The van der Waals surface area contributed by atoms with Crippen molar-refractivity contribution in [2.45, 2.75) is 37.8 Å². The molecule has 1 saturated heterocycles. The van der Waals surface area contributed by atoms with Gasteiger partial charge in [0.2, 0.25) is 5.91 Å². The van der Waals surface area contributed by atoms with E-state index in [0.29, 0.717) is 6.04 Å². The van der Waals surface area contributed by atoms with Crippen molar-refractivity contribution >= 4 is 18.3 Å². The minimum atomic E-state index is 0. The Kier molecular flexibility index (Phi) is 4.83. The fraction of sp³-hybridized carbons (Fsp3) is 0.900. The molecule has 15 heavy (non-hydrogen) atoms. The lowest BCUT2D eigenvalue weighted by atomic mass is 9.91.